The van der Waals surface area contributed by atoms with Gasteiger partial charge in [0.1, 0.15) is 6.61 Å². The minimum Gasteiger partial charge on any atom is -0.490 e. The van der Waals surface area contributed by atoms with Gasteiger partial charge >= 0.3 is 0 Å². The molecule has 0 radical (unpaired) electrons. The Bertz CT molecular complexity index is 988. The third-order valence-corrected chi connectivity index (χ3v) is 5.51. The molecule has 150 valence electrons. The molecule has 0 aliphatic rings. The summed E-state index contributed by atoms with van der Waals surface area (Å²) in [5.41, 5.74) is 3.53. The van der Waals surface area contributed by atoms with Crippen molar-refractivity contribution in [3.8, 4) is 11.5 Å². The molecule has 4 nitrogen and oxygen atoms in total. The Balaban J connectivity index is 1.80. The van der Waals surface area contributed by atoms with Crippen molar-refractivity contribution in [2.75, 3.05) is 11.9 Å². The van der Waals surface area contributed by atoms with Gasteiger partial charge in [0.2, 0.25) is 0 Å². The lowest BCUT2D eigenvalue weighted by Crippen LogP contribution is -2.13. The molecule has 1 N–H and O–H groups in total. The van der Waals surface area contributed by atoms with Crippen LogP contribution in [0.5, 0.6) is 11.5 Å². The van der Waals surface area contributed by atoms with Crippen LogP contribution in [0.15, 0.2) is 65.1 Å². The van der Waals surface area contributed by atoms with E-state index in [0.29, 0.717) is 30.3 Å². The summed E-state index contributed by atoms with van der Waals surface area (Å²) in [5, 5.41) is 2.91. The first-order valence-electron chi connectivity index (χ1n) is 9.18. The second-order valence-corrected chi connectivity index (χ2v) is 8.53. The van der Waals surface area contributed by atoms with Gasteiger partial charge in [0.25, 0.3) is 5.91 Å². The van der Waals surface area contributed by atoms with Gasteiger partial charge in [-0.15, -0.1) is 0 Å². The number of hydrogen-bond acceptors (Lipinski definition) is 3. The van der Waals surface area contributed by atoms with Crippen molar-refractivity contribution in [2.45, 2.75) is 20.5 Å². The highest BCUT2D eigenvalue weighted by molar-refractivity contribution is 14.1. The average Bonchev–Trinajstić information content (AvgIpc) is 2.70. The van der Waals surface area contributed by atoms with E-state index in [9.17, 15) is 4.79 Å². The number of amides is 1. The lowest BCUT2D eigenvalue weighted by molar-refractivity contribution is 0.102. The van der Waals surface area contributed by atoms with Crippen LogP contribution in [-0.2, 0) is 6.61 Å². The molecule has 0 bridgehead atoms. The van der Waals surface area contributed by atoms with Gasteiger partial charge in [-0.1, -0.05) is 45.8 Å². The fourth-order valence-electron chi connectivity index (χ4n) is 2.68. The smallest absolute Gasteiger partial charge is 0.255 e. The highest BCUT2D eigenvalue weighted by Gasteiger charge is 2.16. The summed E-state index contributed by atoms with van der Waals surface area (Å²) >= 11 is 5.57. The van der Waals surface area contributed by atoms with Crippen molar-refractivity contribution >= 4 is 50.1 Å². The molecular weight excluding hydrogens is 545 g/mol. The summed E-state index contributed by atoms with van der Waals surface area (Å²) in [6, 6.07) is 19.2. The monoisotopic (exact) mass is 565 g/mol. The maximum atomic E-state index is 12.7. The van der Waals surface area contributed by atoms with Crippen molar-refractivity contribution in [1.29, 1.82) is 0 Å². The third kappa shape index (κ3) is 5.96. The highest BCUT2D eigenvalue weighted by Crippen LogP contribution is 2.35. The molecule has 0 aliphatic heterocycles. The summed E-state index contributed by atoms with van der Waals surface area (Å²) in [5.74, 6) is 1.01. The topological polar surface area (TPSA) is 47.6 Å². The third-order valence-electron chi connectivity index (χ3n) is 4.18. The molecule has 3 aromatic rings. The molecule has 0 fully saturated rings. The van der Waals surface area contributed by atoms with E-state index in [2.05, 4.69) is 62.9 Å². The molecule has 0 saturated heterocycles. The molecule has 0 unspecified atom stereocenters. The zero-order valence-corrected chi connectivity index (χ0v) is 19.9. The molecular formula is C23H21BrINO3. The molecule has 6 heteroatoms. The lowest BCUT2D eigenvalue weighted by Gasteiger charge is -2.16. The number of anilines is 1. The number of ether oxygens (including phenoxy) is 2. The largest absolute Gasteiger partial charge is 0.490 e. The minimum atomic E-state index is -0.198. The van der Waals surface area contributed by atoms with Crippen LogP contribution in [0.2, 0.25) is 0 Å². The second kappa shape index (κ2) is 10.1. The van der Waals surface area contributed by atoms with Crippen LogP contribution in [0.1, 0.15) is 28.4 Å². The number of nitrogens with one attached hydrogen (secondary N) is 1. The van der Waals surface area contributed by atoms with Crippen LogP contribution in [-0.4, -0.2) is 12.5 Å². The van der Waals surface area contributed by atoms with E-state index in [-0.39, 0.29) is 5.91 Å². The van der Waals surface area contributed by atoms with Crippen molar-refractivity contribution in [2.24, 2.45) is 0 Å². The van der Waals surface area contributed by atoms with E-state index in [4.69, 9.17) is 9.47 Å². The maximum absolute atomic E-state index is 12.7. The summed E-state index contributed by atoms with van der Waals surface area (Å²) in [6.07, 6.45) is 0. The van der Waals surface area contributed by atoms with Gasteiger partial charge in [-0.3, -0.25) is 4.79 Å². The number of carbonyl (C=O) groups excluding carboxylic acids is 1. The first kappa shape index (κ1) is 21.6. The minimum absolute atomic E-state index is 0.198. The van der Waals surface area contributed by atoms with Gasteiger partial charge in [-0.2, -0.15) is 0 Å². The molecule has 3 aromatic carbocycles. The van der Waals surface area contributed by atoms with Gasteiger partial charge in [-0.05, 0) is 78.4 Å². The Hall–Kier alpha value is -2.06. The fraction of sp³-hybridized carbons (Fsp3) is 0.174. The molecule has 0 spiro atoms. The first-order chi connectivity index (χ1) is 14.0. The second-order valence-electron chi connectivity index (χ2n) is 6.45. The number of carbonyl (C=O) groups is 1. The van der Waals surface area contributed by atoms with Gasteiger partial charge in [0, 0.05) is 15.7 Å². The summed E-state index contributed by atoms with van der Waals surface area (Å²) < 4.78 is 13.6. The predicted octanol–water partition coefficient (Wildman–Crippen LogP) is 6.59. The molecule has 0 aliphatic carbocycles. The standard InChI is InChI=1S/C23H21BrINO3/c1-3-28-21-13-17(23(27)26-19-10-8-18(24)9-11-19)12-20(25)22(21)29-14-16-6-4-15(2)5-7-16/h4-13H,3,14H2,1-2H3,(H,26,27). The number of rotatable bonds is 7. The molecule has 0 atom stereocenters. The number of benzene rings is 3. The SMILES string of the molecule is CCOc1cc(C(=O)Nc2ccc(Br)cc2)cc(I)c1OCc1ccc(C)cc1. The van der Waals surface area contributed by atoms with Gasteiger partial charge in [0.05, 0.1) is 10.2 Å². The Kier molecular flexibility index (Phi) is 7.55. The molecule has 0 heterocycles. The van der Waals surface area contributed by atoms with Crippen LogP contribution < -0.4 is 14.8 Å². The number of halogens is 2. The molecule has 29 heavy (non-hydrogen) atoms. The zero-order valence-electron chi connectivity index (χ0n) is 16.2. The zero-order chi connectivity index (χ0) is 20.8. The Morgan fingerprint density at radius 3 is 2.38 bits per heavy atom. The average molecular weight is 566 g/mol. The Labute approximate surface area is 192 Å². The van der Waals surface area contributed by atoms with Crippen LogP contribution >= 0.6 is 38.5 Å². The van der Waals surface area contributed by atoms with Crippen LogP contribution in [0, 0.1) is 10.5 Å². The van der Waals surface area contributed by atoms with Crippen LogP contribution in [0.3, 0.4) is 0 Å². The normalized spacial score (nSPS) is 10.5. The Morgan fingerprint density at radius 1 is 1.03 bits per heavy atom. The van der Waals surface area contributed by atoms with Crippen molar-refractivity contribution < 1.29 is 14.3 Å². The van der Waals surface area contributed by atoms with Crippen molar-refractivity contribution in [1.82, 2.24) is 0 Å². The summed E-state index contributed by atoms with van der Waals surface area (Å²) in [4.78, 5) is 12.7. The molecule has 0 aromatic heterocycles. The van der Waals surface area contributed by atoms with Crippen molar-refractivity contribution in [3.63, 3.8) is 0 Å². The fourth-order valence-corrected chi connectivity index (χ4v) is 3.70. The highest BCUT2D eigenvalue weighted by atomic mass is 127. The Morgan fingerprint density at radius 2 is 1.72 bits per heavy atom. The van der Waals surface area contributed by atoms with Gasteiger partial charge in [0.15, 0.2) is 11.5 Å². The first-order valence-corrected chi connectivity index (χ1v) is 11.0. The van der Waals surface area contributed by atoms with E-state index < -0.39 is 0 Å². The predicted molar refractivity (Wildman–Crippen MR) is 128 cm³/mol. The van der Waals surface area contributed by atoms with E-state index in [0.717, 1.165) is 19.3 Å². The summed E-state index contributed by atoms with van der Waals surface area (Å²) in [6.45, 7) is 4.87. The molecule has 1 amide bonds. The van der Waals surface area contributed by atoms with E-state index >= 15 is 0 Å². The number of hydrogen-bond donors (Lipinski definition) is 1. The van der Waals surface area contributed by atoms with Gasteiger partial charge < -0.3 is 14.8 Å². The molecule has 0 saturated carbocycles. The van der Waals surface area contributed by atoms with Crippen molar-refractivity contribution in [3.05, 3.63) is 85.4 Å². The van der Waals surface area contributed by atoms with Crippen LogP contribution in [0.25, 0.3) is 0 Å². The van der Waals surface area contributed by atoms with Gasteiger partial charge in [-0.25, -0.2) is 0 Å². The van der Waals surface area contributed by atoms with E-state index in [1.165, 1.54) is 5.56 Å². The quantitative estimate of drug-likeness (QED) is 0.329. The summed E-state index contributed by atoms with van der Waals surface area (Å²) in [7, 11) is 0. The maximum Gasteiger partial charge on any atom is 0.255 e. The van der Waals surface area contributed by atoms with E-state index in [1.54, 1.807) is 6.07 Å². The molecule has 3 rings (SSSR count). The van der Waals surface area contributed by atoms with Crippen LogP contribution in [0.4, 0.5) is 5.69 Å². The van der Waals surface area contributed by atoms with E-state index in [1.807, 2.05) is 49.4 Å². The number of aryl methyl sites for hydroxylation is 1. The lowest BCUT2D eigenvalue weighted by atomic mass is 10.1.